The molecule has 2 aliphatic carbocycles. The van der Waals surface area contributed by atoms with E-state index in [2.05, 4.69) is 46.4 Å². The largest absolute Gasteiger partial charge is 0.245 e. The summed E-state index contributed by atoms with van der Waals surface area (Å²) in [5.74, 6) is 0. The van der Waals surface area contributed by atoms with E-state index in [1.54, 1.807) is 22.7 Å². The Kier molecular flexibility index (Phi) is 2.83. The summed E-state index contributed by atoms with van der Waals surface area (Å²) in [5, 5.41) is 6.15. The highest BCUT2D eigenvalue weighted by Crippen LogP contribution is 2.44. The van der Waals surface area contributed by atoms with Crippen LogP contribution >= 0.6 is 22.7 Å². The minimum absolute atomic E-state index is 1.06. The molecule has 4 heteroatoms. The zero-order valence-electron chi connectivity index (χ0n) is 10.5. The van der Waals surface area contributed by atoms with Crippen LogP contribution in [0.1, 0.15) is 0 Å². The first-order valence-electron chi connectivity index (χ1n) is 6.25. The van der Waals surface area contributed by atoms with E-state index in [-0.39, 0.29) is 0 Å². The van der Waals surface area contributed by atoms with Crippen molar-refractivity contribution in [3.8, 4) is 32.3 Å². The van der Waals surface area contributed by atoms with Gasteiger partial charge in [-0.1, -0.05) is 30.3 Å². The molecule has 0 radical (unpaired) electrons. The van der Waals surface area contributed by atoms with E-state index in [1.165, 1.54) is 22.3 Å². The minimum atomic E-state index is 1.06. The van der Waals surface area contributed by atoms with Crippen LogP contribution in [0.2, 0.25) is 0 Å². The Morgan fingerprint density at radius 1 is 0.650 bits per heavy atom. The Morgan fingerprint density at radius 3 is 1.65 bits per heavy atom. The minimum Gasteiger partial charge on any atom is -0.245 e. The predicted molar refractivity (Wildman–Crippen MR) is 85.3 cm³/mol. The molecule has 20 heavy (non-hydrogen) atoms. The summed E-state index contributed by atoms with van der Waals surface area (Å²) in [5.41, 5.74) is 4.85. The van der Waals surface area contributed by atoms with Crippen LogP contribution in [0.3, 0.4) is 0 Å². The Bertz CT molecular complexity index is 739. The highest BCUT2D eigenvalue weighted by molar-refractivity contribution is 7.13. The lowest BCUT2D eigenvalue weighted by molar-refractivity contribution is 1.42. The second-order valence-corrected chi connectivity index (χ2v) is 6.17. The van der Waals surface area contributed by atoms with Crippen molar-refractivity contribution in [1.29, 1.82) is 0 Å². The van der Waals surface area contributed by atoms with Gasteiger partial charge in [0.25, 0.3) is 0 Å². The zero-order valence-corrected chi connectivity index (χ0v) is 12.1. The van der Waals surface area contributed by atoms with Crippen LogP contribution < -0.4 is 0 Å². The number of hydrogen-bond acceptors (Lipinski definition) is 4. The van der Waals surface area contributed by atoms with E-state index in [4.69, 9.17) is 0 Å². The van der Waals surface area contributed by atoms with Gasteiger partial charge in [-0.25, -0.2) is 9.97 Å². The SMILES string of the molecule is c1ccc2c(-c3nccs3)cc(-c3nccs3)c-2cc1. The molecule has 4 rings (SSSR count). The van der Waals surface area contributed by atoms with Gasteiger partial charge in [0.15, 0.2) is 0 Å². The highest BCUT2D eigenvalue weighted by atomic mass is 32.1. The van der Waals surface area contributed by atoms with Gasteiger partial charge < -0.3 is 0 Å². The number of fused-ring (bicyclic) bond motifs is 1. The maximum atomic E-state index is 4.45. The summed E-state index contributed by atoms with van der Waals surface area (Å²) in [6.07, 6.45) is 3.70. The molecule has 0 N–H and O–H groups in total. The van der Waals surface area contributed by atoms with Gasteiger partial charge in [-0.2, -0.15) is 0 Å². The molecule has 2 heterocycles. The molecule has 0 aromatic carbocycles. The summed E-state index contributed by atoms with van der Waals surface area (Å²) in [7, 11) is 0. The fourth-order valence-electron chi connectivity index (χ4n) is 2.38. The van der Waals surface area contributed by atoms with Gasteiger partial charge in [0, 0.05) is 34.3 Å². The Balaban J connectivity index is 2.03. The van der Waals surface area contributed by atoms with Gasteiger partial charge in [0.05, 0.1) is 0 Å². The first kappa shape index (κ1) is 11.8. The molecular weight excluding hydrogens is 284 g/mol. The fraction of sp³-hybridized carbons (Fsp3) is 0. The van der Waals surface area contributed by atoms with Crippen LogP contribution in [-0.2, 0) is 0 Å². The van der Waals surface area contributed by atoms with Crippen LogP contribution in [-0.4, -0.2) is 9.97 Å². The third-order valence-corrected chi connectivity index (χ3v) is 4.85. The van der Waals surface area contributed by atoms with Gasteiger partial charge in [-0.3, -0.25) is 0 Å². The highest BCUT2D eigenvalue weighted by Gasteiger charge is 2.19. The third kappa shape index (κ3) is 1.85. The molecule has 0 saturated carbocycles. The molecule has 2 aromatic rings. The lowest BCUT2D eigenvalue weighted by Crippen LogP contribution is -1.75. The molecular formula is C16H10N2S2. The Labute approximate surface area is 124 Å². The van der Waals surface area contributed by atoms with Gasteiger partial charge in [0.1, 0.15) is 10.0 Å². The summed E-state index contributed by atoms with van der Waals surface area (Å²) in [6.45, 7) is 0. The molecule has 2 aromatic heterocycles. The monoisotopic (exact) mass is 294 g/mol. The van der Waals surface area contributed by atoms with E-state index < -0.39 is 0 Å². The van der Waals surface area contributed by atoms with Crippen molar-refractivity contribution in [3.63, 3.8) is 0 Å². The standard InChI is InChI=1S/C16H10N2S2/c1-2-4-11-12(5-3-1)14(16-18-7-9-20-16)10-13(11)15-17-6-8-19-15/h1-10H. The molecule has 0 amide bonds. The zero-order chi connectivity index (χ0) is 13.4. The first-order chi connectivity index (χ1) is 9.93. The maximum Gasteiger partial charge on any atom is 0.123 e. The molecule has 0 aliphatic heterocycles. The smallest absolute Gasteiger partial charge is 0.123 e. The lowest BCUT2D eigenvalue weighted by atomic mass is 10.1. The number of thiazole rings is 2. The molecule has 0 saturated heterocycles. The topological polar surface area (TPSA) is 25.8 Å². The number of rotatable bonds is 2. The van der Waals surface area contributed by atoms with E-state index in [0.717, 1.165) is 10.0 Å². The second kappa shape index (κ2) is 4.81. The van der Waals surface area contributed by atoms with Crippen molar-refractivity contribution in [3.05, 3.63) is 59.6 Å². The van der Waals surface area contributed by atoms with Gasteiger partial charge in [-0.15, -0.1) is 22.7 Å². The molecule has 0 fully saturated rings. The van der Waals surface area contributed by atoms with Crippen molar-refractivity contribution in [2.45, 2.75) is 0 Å². The fourth-order valence-corrected chi connectivity index (χ4v) is 3.72. The molecule has 96 valence electrons. The lowest BCUT2D eigenvalue weighted by Gasteiger charge is -1.98. The molecule has 0 unspecified atom stereocenters. The molecule has 2 aliphatic rings. The van der Waals surface area contributed by atoms with Gasteiger partial charge in [-0.05, 0) is 17.2 Å². The summed E-state index contributed by atoms with van der Waals surface area (Å²) < 4.78 is 0. The van der Waals surface area contributed by atoms with Gasteiger partial charge in [0.2, 0.25) is 0 Å². The summed E-state index contributed by atoms with van der Waals surface area (Å²) >= 11 is 3.34. The average molecular weight is 294 g/mol. The van der Waals surface area contributed by atoms with Crippen molar-refractivity contribution >= 4 is 22.7 Å². The van der Waals surface area contributed by atoms with Crippen molar-refractivity contribution in [2.24, 2.45) is 0 Å². The maximum absolute atomic E-state index is 4.45. The van der Waals surface area contributed by atoms with Crippen LogP contribution in [0.5, 0.6) is 0 Å². The quantitative estimate of drug-likeness (QED) is 0.517. The van der Waals surface area contributed by atoms with Gasteiger partial charge >= 0.3 is 0 Å². The van der Waals surface area contributed by atoms with Crippen LogP contribution in [0.15, 0.2) is 59.6 Å². The second-order valence-electron chi connectivity index (χ2n) is 4.38. The first-order valence-corrected chi connectivity index (χ1v) is 8.01. The summed E-state index contributed by atoms with van der Waals surface area (Å²) in [6, 6.07) is 12.7. The van der Waals surface area contributed by atoms with E-state index in [0.29, 0.717) is 0 Å². The Morgan fingerprint density at radius 2 is 1.20 bits per heavy atom. The molecule has 0 bridgehead atoms. The van der Waals surface area contributed by atoms with Crippen LogP contribution in [0, 0.1) is 0 Å². The van der Waals surface area contributed by atoms with Crippen molar-refractivity contribution in [2.75, 3.05) is 0 Å². The molecule has 0 atom stereocenters. The summed E-state index contributed by atoms with van der Waals surface area (Å²) in [4.78, 5) is 8.91. The van der Waals surface area contributed by atoms with E-state index >= 15 is 0 Å². The van der Waals surface area contributed by atoms with Crippen molar-refractivity contribution < 1.29 is 0 Å². The number of aromatic nitrogens is 2. The van der Waals surface area contributed by atoms with E-state index in [9.17, 15) is 0 Å². The van der Waals surface area contributed by atoms with Crippen LogP contribution in [0.4, 0.5) is 0 Å². The third-order valence-electron chi connectivity index (χ3n) is 3.23. The molecule has 2 nitrogen and oxygen atoms in total. The normalized spacial score (nSPS) is 11.0. The van der Waals surface area contributed by atoms with Crippen LogP contribution in [0.25, 0.3) is 32.3 Å². The predicted octanol–water partition coefficient (Wildman–Crippen LogP) is 5.04. The number of nitrogens with zero attached hydrogens (tertiary/aromatic N) is 2. The average Bonchev–Trinajstić information content (AvgIpc) is 3.16. The molecule has 0 spiro atoms. The van der Waals surface area contributed by atoms with Crippen molar-refractivity contribution in [1.82, 2.24) is 9.97 Å². The van der Waals surface area contributed by atoms with E-state index in [1.807, 2.05) is 23.2 Å². The Hall–Kier alpha value is -2.04. The number of hydrogen-bond donors (Lipinski definition) is 0.